The second-order valence-corrected chi connectivity index (χ2v) is 7.39. The molecule has 1 aliphatic carbocycles. The Balaban J connectivity index is 1.87. The van der Waals surface area contributed by atoms with Crippen molar-refractivity contribution < 1.29 is 19.1 Å². The summed E-state index contributed by atoms with van der Waals surface area (Å²) in [5.41, 5.74) is -0.926. The highest BCUT2D eigenvalue weighted by Gasteiger charge is 2.52. The third-order valence-corrected chi connectivity index (χ3v) is 5.55. The standard InChI is InChI=1S/C22H31NO4/c1-4-13-21(20(25)26-3)14-15-22(5-2,17-21)23-19(24)12-9-16-27-18-10-7-6-8-11-18/h4,6-8,10-11H,1,5,9,12-17H2,2-3H3,(H,23,24). The Labute approximate surface area is 162 Å². The van der Waals surface area contributed by atoms with E-state index in [2.05, 4.69) is 18.8 Å². The maximum Gasteiger partial charge on any atom is 0.312 e. The van der Waals surface area contributed by atoms with Crippen LogP contribution in [0.15, 0.2) is 43.0 Å². The molecule has 148 valence electrons. The Hall–Kier alpha value is -2.30. The van der Waals surface area contributed by atoms with Crippen molar-refractivity contribution in [2.75, 3.05) is 13.7 Å². The van der Waals surface area contributed by atoms with Crippen LogP contribution in [-0.4, -0.2) is 31.1 Å². The quantitative estimate of drug-likeness (QED) is 0.382. The molecule has 0 heterocycles. The number of amides is 1. The molecule has 5 nitrogen and oxygen atoms in total. The first-order valence-electron chi connectivity index (χ1n) is 9.67. The fourth-order valence-electron chi connectivity index (χ4n) is 4.02. The molecule has 1 fully saturated rings. The third-order valence-electron chi connectivity index (χ3n) is 5.55. The highest BCUT2D eigenvalue weighted by atomic mass is 16.5. The summed E-state index contributed by atoms with van der Waals surface area (Å²) in [6.45, 7) is 6.34. The van der Waals surface area contributed by atoms with E-state index in [1.807, 2.05) is 30.3 Å². The first kappa shape index (κ1) is 21.0. The third kappa shape index (κ3) is 5.34. The van der Waals surface area contributed by atoms with Gasteiger partial charge in [-0.3, -0.25) is 9.59 Å². The molecule has 1 aliphatic rings. The van der Waals surface area contributed by atoms with Crippen molar-refractivity contribution in [3.8, 4) is 5.75 Å². The molecule has 0 spiro atoms. The SMILES string of the molecule is C=CCC1(C(=O)OC)CCC(CC)(NC(=O)CCCOc2ccccc2)C1. The number of nitrogens with one attached hydrogen (secondary N) is 1. The zero-order chi connectivity index (χ0) is 19.8. The van der Waals surface area contributed by atoms with Gasteiger partial charge in [0.1, 0.15) is 5.75 Å². The summed E-state index contributed by atoms with van der Waals surface area (Å²) in [6, 6.07) is 9.58. The monoisotopic (exact) mass is 373 g/mol. The molecular formula is C22H31NO4. The predicted octanol–water partition coefficient (Wildman–Crippen LogP) is 4.03. The van der Waals surface area contributed by atoms with Gasteiger partial charge < -0.3 is 14.8 Å². The minimum absolute atomic E-state index is 0.00720. The first-order chi connectivity index (χ1) is 13.0. The molecule has 0 saturated heterocycles. The summed E-state index contributed by atoms with van der Waals surface area (Å²) in [5, 5.41) is 3.20. The van der Waals surface area contributed by atoms with Gasteiger partial charge in [0, 0.05) is 12.0 Å². The lowest BCUT2D eigenvalue weighted by Crippen LogP contribution is -2.47. The molecule has 1 aromatic rings. The molecule has 0 aliphatic heterocycles. The van der Waals surface area contributed by atoms with E-state index in [1.165, 1.54) is 7.11 Å². The van der Waals surface area contributed by atoms with E-state index >= 15 is 0 Å². The topological polar surface area (TPSA) is 64.6 Å². The molecule has 1 amide bonds. The number of allylic oxidation sites excluding steroid dienone is 1. The predicted molar refractivity (Wildman–Crippen MR) is 105 cm³/mol. The van der Waals surface area contributed by atoms with E-state index in [0.29, 0.717) is 38.7 Å². The van der Waals surface area contributed by atoms with Crippen molar-refractivity contribution in [1.82, 2.24) is 5.32 Å². The maximum atomic E-state index is 12.5. The number of carbonyl (C=O) groups is 2. The molecule has 1 saturated carbocycles. The van der Waals surface area contributed by atoms with Gasteiger partial charge in [-0.25, -0.2) is 0 Å². The summed E-state index contributed by atoms with van der Waals surface area (Å²) in [5.74, 6) is 0.613. The van der Waals surface area contributed by atoms with E-state index in [0.717, 1.165) is 18.6 Å². The van der Waals surface area contributed by atoms with Gasteiger partial charge >= 0.3 is 5.97 Å². The van der Waals surface area contributed by atoms with Crippen LogP contribution < -0.4 is 10.1 Å². The zero-order valence-electron chi connectivity index (χ0n) is 16.5. The lowest BCUT2D eigenvalue weighted by molar-refractivity contribution is -0.152. The number of hydrogen-bond acceptors (Lipinski definition) is 4. The van der Waals surface area contributed by atoms with Crippen LogP contribution >= 0.6 is 0 Å². The van der Waals surface area contributed by atoms with Crippen LogP contribution in [0.3, 0.4) is 0 Å². The average molecular weight is 373 g/mol. The number of methoxy groups -OCH3 is 1. The highest BCUT2D eigenvalue weighted by molar-refractivity contribution is 5.79. The molecule has 0 aromatic heterocycles. The fraction of sp³-hybridized carbons (Fsp3) is 0.545. The normalized spacial score (nSPS) is 24.2. The van der Waals surface area contributed by atoms with E-state index in [-0.39, 0.29) is 17.4 Å². The first-order valence-corrected chi connectivity index (χ1v) is 9.67. The zero-order valence-corrected chi connectivity index (χ0v) is 16.5. The Morgan fingerprint density at radius 1 is 1.26 bits per heavy atom. The van der Waals surface area contributed by atoms with Gasteiger partial charge in [-0.05, 0) is 50.7 Å². The summed E-state index contributed by atoms with van der Waals surface area (Å²) in [6.07, 6.45) is 6.26. The molecule has 2 rings (SSSR count). The van der Waals surface area contributed by atoms with Crippen LogP contribution in [0.5, 0.6) is 5.75 Å². The number of hydrogen-bond donors (Lipinski definition) is 1. The summed E-state index contributed by atoms with van der Waals surface area (Å²) in [7, 11) is 1.42. The Morgan fingerprint density at radius 3 is 2.63 bits per heavy atom. The van der Waals surface area contributed by atoms with Gasteiger partial charge in [0.2, 0.25) is 5.91 Å². The van der Waals surface area contributed by atoms with Crippen LogP contribution in [-0.2, 0) is 14.3 Å². The molecule has 2 atom stereocenters. The second kappa shape index (κ2) is 9.58. The second-order valence-electron chi connectivity index (χ2n) is 7.39. The number of ether oxygens (including phenoxy) is 2. The molecule has 0 bridgehead atoms. The largest absolute Gasteiger partial charge is 0.494 e. The van der Waals surface area contributed by atoms with Crippen molar-refractivity contribution in [3.63, 3.8) is 0 Å². The molecule has 1 aromatic carbocycles. The molecule has 2 unspecified atom stereocenters. The van der Waals surface area contributed by atoms with Crippen LogP contribution in [0.25, 0.3) is 0 Å². The van der Waals surface area contributed by atoms with Crippen molar-refractivity contribution in [1.29, 1.82) is 0 Å². The highest BCUT2D eigenvalue weighted by Crippen LogP contribution is 2.49. The summed E-state index contributed by atoms with van der Waals surface area (Å²) >= 11 is 0. The van der Waals surface area contributed by atoms with Gasteiger partial charge in [0.15, 0.2) is 0 Å². The molecular weight excluding hydrogens is 342 g/mol. The number of carbonyl (C=O) groups excluding carboxylic acids is 2. The Kier molecular flexibility index (Phi) is 7.45. The van der Waals surface area contributed by atoms with Crippen LogP contribution in [0.1, 0.15) is 51.9 Å². The summed E-state index contributed by atoms with van der Waals surface area (Å²) in [4.78, 5) is 24.8. The van der Waals surface area contributed by atoms with Crippen LogP contribution in [0.2, 0.25) is 0 Å². The molecule has 0 radical (unpaired) electrons. The van der Waals surface area contributed by atoms with Gasteiger partial charge in [-0.1, -0.05) is 31.2 Å². The lowest BCUT2D eigenvalue weighted by atomic mass is 9.79. The van der Waals surface area contributed by atoms with Gasteiger partial charge in [-0.2, -0.15) is 0 Å². The van der Waals surface area contributed by atoms with Crippen molar-refractivity contribution in [2.45, 2.75) is 57.4 Å². The van der Waals surface area contributed by atoms with E-state index in [9.17, 15) is 9.59 Å². The summed E-state index contributed by atoms with van der Waals surface area (Å²) < 4.78 is 10.7. The smallest absolute Gasteiger partial charge is 0.312 e. The maximum absolute atomic E-state index is 12.5. The van der Waals surface area contributed by atoms with E-state index in [4.69, 9.17) is 9.47 Å². The molecule has 27 heavy (non-hydrogen) atoms. The van der Waals surface area contributed by atoms with Gasteiger partial charge in [0.05, 0.1) is 19.1 Å². The Morgan fingerprint density at radius 2 is 2.00 bits per heavy atom. The van der Waals surface area contributed by atoms with E-state index in [1.54, 1.807) is 6.08 Å². The minimum Gasteiger partial charge on any atom is -0.494 e. The fourth-order valence-corrected chi connectivity index (χ4v) is 4.02. The van der Waals surface area contributed by atoms with Gasteiger partial charge in [0.25, 0.3) is 0 Å². The van der Waals surface area contributed by atoms with E-state index < -0.39 is 5.41 Å². The minimum atomic E-state index is -0.573. The lowest BCUT2D eigenvalue weighted by Gasteiger charge is -2.32. The average Bonchev–Trinajstić information content (AvgIpc) is 3.06. The molecule has 1 N–H and O–H groups in total. The van der Waals surface area contributed by atoms with Crippen molar-refractivity contribution in [2.24, 2.45) is 5.41 Å². The number of benzene rings is 1. The van der Waals surface area contributed by atoms with Gasteiger partial charge in [-0.15, -0.1) is 6.58 Å². The number of esters is 1. The van der Waals surface area contributed by atoms with Crippen molar-refractivity contribution >= 4 is 11.9 Å². The van der Waals surface area contributed by atoms with Crippen LogP contribution in [0.4, 0.5) is 0 Å². The van der Waals surface area contributed by atoms with Crippen LogP contribution in [0, 0.1) is 5.41 Å². The number of para-hydroxylation sites is 1. The molecule has 5 heteroatoms. The van der Waals surface area contributed by atoms with Crippen molar-refractivity contribution in [3.05, 3.63) is 43.0 Å². The number of rotatable bonds is 10. The Bertz CT molecular complexity index is 645.